The van der Waals surface area contributed by atoms with Crippen LogP contribution in [0.2, 0.25) is 0 Å². The molecule has 2 aliphatic rings. The van der Waals surface area contributed by atoms with Crippen molar-refractivity contribution in [2.45, 2.75) is 45.6 Å². The van der Waals surface area contributed by atoms with Gasteiger partial charge in [-0.2, -0.15) is 0 Å². The Morgan fingerprint density at radius 3 is 2.68 bits per heavy atom. The third kappa shape index (κ3) is 3.16. The third-order valence-electron chi connectivity index (χ3n) is 5.24. The average molecular weight is 300 g/mol. The maximum absolute atomic E-state index is 12.4. The molecule has 0 radical (unpaired) electrons. The first-order chi connectivity index (χ1) is 10.5. The molecule has 4 nitrogen and oxygen atoms in total. The van der Waals surface area contributed by atoms with Crippen LogP contribution in [0.25, 0.3) is 0 Å². The Balaban J connectivity index is 1.63. The standard InChI is InChI=1S/C18H24N2O2/c1-11(17-9-13-6-7-14(17)8-13)19-18(22)15-4-3-5-16(10-15)20-12(2)21/h3-5,10-11,13-14,17H,6-9H2,1-2H3,(H,19,22)(H,20,21)/t11-,13+,14+,17+/m1/s1. The van der Waals surface area contributed by atoms with E-state index in [1.165, 1.54) is 32.6 Å². The Morgan fingerprint density at radius 2 is 2.05 bits per heavy atom. The Labute approximate surface area is 131 Å². The average Bonchev–Trinajstić information content (AvgIpc) is 3.09. The molecule has 1 aromatic rings. The van der Waals surface area contributed by atoms with Gasteiger partial charge >= 0.3 is 0 Å². The molecule has 1 aromatic carbocycles. The van der Waals surface area contributed by atoms with Crippen LogP contribution in [0.1, 0.15) is 49.9 Å². The molecule has 22 heavy (non-hydrogen) atoms. The summed E-state index contributed by atoms with van der Waals surface area (Å²) in [5.74, 6) is 2.13. The van der Waals surface area contributed by atoms with E-state index in [-0.39, 0.29) is 17.9 Å². The van der Waals surface area contributed by atoms with Gasteiger partial charge in [-0.3, -0.25) is 9.59 Å². The van der Waals surface area contributed by atoms with Crippen LogP contribution in [0.15, 0.2) is 24.3 Å². The van der Waals surface area contributed by atoms with E-state index in [9.17, 15) is 9.59 Å². The summed E-state index contributed by atoms with van der Waals surface area (Å²) in [6.07, 6.45) is 5.31. The molecule has 0 spiro atoms. The number of carbonyl (C=O) groups excluding carboxylic acids is 2. The van der Waals surface area contributed by atoms with Crippen molar-refractivity contribution in [3.8, 4) is 0 Å². The first kappa shape index (κ1) is 15.1. The lowest BCUT2D eigenvalue weighted by molar-refractivity contribution is -0.114. The fourth-order valence-corrected chi connectivity index (χ4v) is 4.24. The van der Waals surface area contributed by atoms with E-state index in [0.29, 0.717) is 17.2 Å². The maximum atomic E-state index is 12.4. The molecule has 2 N–H and O–H groups in total. The Bertz CT molecular complexity index is 584. The van der Waals surface area contributed by atoms with Crippen LogP contribution in [-0.4, -0.2) is 17.9 Å². The summed E-state index contributed by atoms with van der Waals surface area (Å²) in [6, 6.07) is 7.31. The first-order valence-electron chi connectivity index (χ1n) is 8.21. The van der Waals surface area contributed by atoms with Crippen molar-refractivity contribution < 1.29 is 9.59 Å². The summed E-state index contributed by atoms with van der Waals surface area (Å²) in [6.45, 7) is 3.59. The minimum Gasteiger partial charge on any atom is -0.349 e. The minimum atomic E-state index is -0.132. The number of carbonyl (C=O) groups is 2. The van der Waals surface area contributed by atoms with Gasteiger partial charge in [0.1, 0.15) is 0 Å². The molecule has 2 aliphatic carbocycles. The van der Waals surface area contributed by atoms with Crippen LogP contribution in [0.4, 0.5) is 5.69 Å². The highest BCUT2D eigenvalue weighted by molar-refractivity contribution is 5.96. The van der Waals surface area contributed by atoms with Crippen LogP contribution in [0, 0.1) is 17.8 Å². The summed E-state index contributed by atoms with van der Waals surface area (Å²) >= 11 is 0. The molecule has 4 heteroatoms. The summed E-state index contributed by atoms with van der Waals surface area (Å²) in [7, 11) is 0. The van der Waals surface area contributed by atoms with E-state index in [4.69, 9.17) is 0 Å². The van der Waals surface area contributed by atoms with Crippen molar-refractivity contribution in [1.82, 2.24) is 5.32 Å². The van der Waals surface area contributed by atoms with Gasteiger partial charge in [0, 0.05) is 24.2 Å². The second-order valence-corrected chi connectivity index (χ2v) is 6.86. The molecule has 0 saturated heterocycles. The van der Waals surface area contributed by atoms with Crippen LogP contribution in [0.5, 0.6) is 0 Å². The fraction of sp³-hybridized carbons (Fsp3) is 0.556. The highest BCUT2D eigenvalue weighted by Crippen LogP contribution is 2.49. The summed E-state index contributed by atoms with van der Waals surface area (Å²) in [5.41, 5.74) is 1.26. The lowest BCUT2D eigenvalue weighted by atomic mass is 9.84. The zero-order valence-electron chi connectivity index (χ0n) is 13.3. The maximum Gasteiger partial charge on any atom is 0.251 e. The predicted molar refractivity (Wildman–Crippen MR) is 86.6 cm³/mol. The zero-order chi connectivity index (χ0) is 15.7. The number of nitrogens with one attached hydrogen (secondary N) is 2. The van der Waals surface area contributed by atoms with Crippen LogP contribution < -0.4 is 10.6 Å². The van der Waals surface area contributed by atoms with Gasteiger partial charge in [-0.25, -0.2) is 0 Å². The first-order valence-corrected chi connectivity index (χ1v) is 8.21. The predicted octanol–water partition coefficient (Wildman–Crippen LogP) is 3.20. The Morgan fingerprint density at radius 1 is 1.23 bits per heavy atom. The van der Waals surface area contributed by atoms with E-state index in [1.54, 1.807) is 24.3 Å². The molecular formula is C18H24N2O2. The molecule has 2 bridgehead atoms. The van der Waals surface area contributed by atoms with Gasteiger partial charge in [0.25, 0.3) is 5.91 Å². The van der Waals surface area contributed by atoms with Gasteiger partial charge in [0.05, 0.1) is 0 Å². The van der Waals surface area contributed by atoms with Gasteiger partial charge < -0.3 is 10.6 Å². The summed E-state index contributed by atoms with van der Waals surface area (Å²) in [4.78, 5) is 23.5. The second kappa shape index (κ2) is 6.11. The number of hydrogen-bond donors (Lipinski definition) is 2. The number of benzene rings is 1. The van der Waals surface area contributed by atoms with E-state index in [2.05, 4.69) is 17.6 Å². The smallest absolute Gasteiger partial charge is 0.251 e. The third-order valence-corrected chi connectivity index (χ3v) is 5.24. The monoisotopic (exact) mass is 300 g/mol. The largest absolute Gasteiger partial charge is 0.349 e. The van der Waals surface area contributed by atoms with Crippen LogP contribution in [0.3, 0.4) is 0 Å². The molecule has 118 valence electrons. The topological polar surface area (TPSA) is 58.2 Å². The lowest BCUT2D eigenvalue weighted by Crippen LogP contribution is -2.40. The molecule has 2 amide bonds. The van der Waals surface area contributed by atoms with Crippen LogP contribution in [-0.2, 0) is 4.79 Å². The highest BCUT2D eigenvalue weighted by atomic mass is 16.2. The van der Waals surface area contributed by atoms with E-state index in [0.717, 1.165) is 11.8 Å². The normalized spacial score (nSPS) is 27.5. The van der Waals surface area contributed by atoms with Gasteiger partial charge in [0.2, 0.25) is 5.91 Å². The number of amides is 2. The summed E-state index contributed by atoms with van der Waals surface area (Å²) < 4.78 is 0. The molecule has 0 aliphatic heterocycles. The van der Waals surface area contributed by atoms with Crippen molar-refractivity contribution >= 4 is 17.5 Å². The molecule has 2 saturated carbocycles. The quantitative estimate of drug-likeness (QED) is 0.897. The Hall–Kier alpha value is -1.84. The zero-order valence-corrected chi connectivity index (χ0v) is 13.3. The second-order valence-electron chi connectivity index (χ2n) is 6.86. The van der Waals surface area contributed by atoms with Gasteiger partial charge in [-0.15, -0.1) is 0 Å². The van der Waals surface area contributed by atoms with Gasteiger partial charge in [0.15, 0.2) is 0 Å². The van der Waals surface area contributed by atoms with Gasteiger partial charge in [-0.05, 0) is 62.1 Å². The molecule has 0 aromatic heterocycles. The van der Waals surface area contributed by atoms with Crippen molar-refractivity contribution in [3.63, 3.8) is 0 Å². The van der Waals surface area contributed by atoms with Crippen molar-refractivity contribution in [3.05, 3.63) is 29.8 Å². The van der Waals surface area contributed by atoms with Crippen molar-refractivity contribution in [2.75, 3.05) is 5.32 Å². The molecule has 3 rings (SSSR count). The molecular weight excluding hydrogens is 276 g/mol. The number of rotatable bonds is 4. The summed E-state index contributed by atoms with van der Waals surface area (Å²) in [5, 5.41) is 5.86. The molecule has 2 fully saturated rings. The van der Waals surface area contributed by atoms with Crippen molar-refractivity contribution in [1.29, 1.82) is 0 Å². The Kier molecular flexibility index (Phi) is 4.19. The molecule has 4 atom stereocenters. The minimum absolute atomic E-state index is 0.0533. The van der Waals surface area contributed by atoms with E-state index >= 15 is 0 Å². The molecule has 0 heterocycles. The van der Waals surface area contributed by atoms with E-state index < -0.39 is 0 Å². The highest BCUT2D eigenvalue weighted by Gasteiger charge is 2.42. The van der Waals surface area contributed by atoms with Gasteiger partial charge in [-0.1, -0.05) is 12.5 Å². The number of fused-ring (bicyclic) bond motifs is 2. The van der Waals surface area contributed by atoms with E-state index in [1.807, 2.05) is 0 Å². The number of hydrogen-bond acceptors (Lipinski definition) is 2. The van der Waals surface area contributed by atoms with Crippen LogP contribution >= 0.6 is 0 Å². The fourth-order valence-electron chi connectivity index (χ4n) is 4.24. The lowest BCUT2D eigenvalue weighted by Gasteiger charge is -2.28. The SMILES string of the molecule is CC(=O)Nc1cccc(C(=O)N[C@H](C)[C@@H]2C[C@H]3CC[C@H]2C3)c1. The van der Waals surface area contributed by atoms with Crippen molar-refractivity contribution in [2.24, 2.45) is 17.8 Å². The number of anilines is 1. The molecule has 0 unspecified atom stereocenters.